The van der Waals surface area contributed by atoms with E-state index in [0.717, 1.165) is 23.4 Å². The standard InChI is InChI=1S/C15H14N4O/c1-2-19-8-7-16-15(19)9-14(20)13-10-17-11-5-3-4-6-12(11)18-13/h3-8,10H,2,9H2,1H3. The molecule has 1 aromatic carbocycles. The van der Waals surface area contributed by atoms with E-state index in [4.69, 9.17) is 0 Å². The molecule has 2 aromatic heterocycles. The Labute approximate surface area is 116 Å². The summed E-state index contributed by atoms with van der Waals surface area (Å²) in [7, 11) is 0. The fraction of sp³-hybridized carbons (Fsp3) is 0.200. The molecule has 0 amide bonds. The van der Waals surface area contributed by atoms with Gasteiger partial charge in [0.25, 0.3) is 0 Å². The van der Waals surface area contributed by atoms with E-state index in [2.05, 4.69) is 15.0 Å². The van der Waals surface area contributed by atoms with Gasteiger partial charge in [-0.05, 0) is 19.1 Å². The lowest BCUT2D eigenvalue weighted by Gasteiger charge is -2.04. The molecule has 3 aromatic rings. The molecule has 0 spiro atoms. The Morgan fingerprint density at radius 3 is 2.80 bits per heavy atom. The quantitative estimate of drug-likeness (QED) is 0.680. The number of fused-ring (bicyclic) bond motifs is 1. The Hall–Kier alpha value is -2.56. The summed E-state index contributed by atoms with van der Waals surface area (Å²) in [6.07, 6.45) is 5.35. The molecule has 5 nitrogen and oxygen atoms in total. The van der Waals surface area contributed by atoms with Gasteiger partial charge in [-0.2, -0.15) is 0 Å². The molecule has 0 saturated heterocycles. The number of ketones is 1. The van der Waals surface area contributed by atoms with Crippen LogP contribution in [0.4, 0.5) is 0 Å². The van der Waals surface area contributed by atoms with E-state index in [-0.39, 0.29) is 12.2 Å². The zero-order valence-corrected chi connectivity index (χ0v) is 11.2. The summed E-state index contributed by atoms with van der Waals surface area (Å²) in [5, 5.41) is 0. The maximum atomic E-state index is 12.3. The van der Waals surface area contributed by atoms with E-state index >= 15 is 0 Å². The van der Waals surface area contributed by atoms with E-state index in [9.17, 15) is 4.79 Å². The van der Waals surface area contributed by atoms with Crippen molar-refractivity contribution in [2.75, 3.05) is 0 Å². The summed E-state index contributed by atoms with van der Waals surface area (Å²) < 4.78 is 1.95. The van der Waals surface area contributed by atoms with Crippen LogP contribution < -0.4 is 0 Å². The van der Waals surface area contributed by atoms with Gasteiger partial charge in [0.2, 0.25) is 0 Å². The number of hydrogen-bond donors (Lipinski definition) is 0. The predicted molar refractivity (Wildman–Crippen MR) is 75.5 cm³/mol. The van der Waals surface area contributed by atoms with Crippen LogP contribution in [0.5, 0.6) is 0 Å². The zero-order valence-electron chi connectivity index (χ0n) is 11.2. The Kier molecular flexibility index (Phi) is 3.25. The van der Waals surface area contributed by atoms with Crippen molar-refractivity contribution in [3.05, 3.63) is 54.4 Å². The highest BCUT2D eigenvalue weighted by molar-refractivity contribution is 5.96. The van der Waals surface area contributed by atoms with Crippen LogP contribution in [0.15, 0.2) is 42.9 Å². The molecule has 0 aliphatic carbocycles. The van der Waals surface area contributed by atoms with Crippen LogP contribution in [-0.2, 0) is 13.0 Å². The number of rotatable bonds is 4. The van der Waals surface area contributed by atoms with Gasteiger partial charge < -0.3 is 4.57 Å². The van der Waals surface area contributed by atoms with Gasteiger partial charge in [-0.3, -0.25) is 9.78 Å². The smallest absolute Gasteiger partial charge is 0.190 e. The van der Waals surface area contributed by atoms with Crippen LogP contribution in [0.2, 0.25) is 0 Å². The average Bonchev–Trinajstić information content (AvgIpc) is 2.94. The topological polar surface area (TPSA) is 60.7 Å². The third-order valence-electron chi connectivity index (χ3n) is 3.20. The molecular weight excluding hydrogens is 252 g/mol. The van der Waals surface area contributed by atoms with Crippen molar-refractivity contribution in [1.82, 2.24) is 19.5 Å². The van der Waals surface area contributed by atoms with Crippen molar-refractivity contribution in [2.45, 2.75) is 19.9 Å². The number of aryl methyl sites for hydroxylation is 1. The second-order valence-corrected chi connectivity index (χ2v) is 4.47. The van der Waals surface area contributed by atoms with Gasteiger partial charge in [0, 0.05) is 18.9 Å². The molecule has 3 rings (SSSR count). The first-order valence-electron chi connectivity index (χ1n) is 6.53. The molecule has 0 saturated carbocycles. The summed E-state index contributed by atoms with van der Waals surface area (Å²) in [5.74, 6) is 0.691. The van der Waals surface area contributed by atoms with Crippen LogP contribution in [0.1, 0.15) is 23.2 Å². The van der Waals surface area contributed by atoms with Gasteiger partial charge in [-0.15, -0.1) is 0 Å². The molecule has 2 heterocycles. The zero-order chi connectivity index (χ0) is 13.9. The number of hydrogen-bond acceptors (Lipinski definition) is 4. The summed E-state index contributed by atoms with van der Waals surface area (Å²) in [6, 6.07) is 7.51. The summed E-state index contributed by atoms with van der Waals surface area (Å²) in [4.78, 5) is 25.1. The third-order valence-corrected chi connectivity index (χ3v) is 3.20. The van der Waals surface area contributed by atoms with E-state index in [1.54, 1.807) is 6.20 Å². The van der Waals surface area contributed by atoms with Crippen LogP contribution in [0, 0.1) is 0 Å². The van der Waals surface area contributed by atoms with Crippen molar-refractivity contribution in [3.8, 4) is 0 Å². The molecule has 0 N–H and O–H groups in total. The highest BCUT2D eigenvalue weighted by atomic mass is 16.1. The van der Waals surface area contributed by atoms with E-state index in [1.807, 2.05) is 42.0 Å². The van der Waals surface area contributed by atoms with Gasteiger partial charge in [0.05, 0.1) is 23.7 Å². The van der Waals surface area contributed by atoms with E-state index in [1.165, 1.54) is 6.20 Å². The number of carbonyl (C=O) groups excluding carboxylic acids is 1. The Balaban J connectivity index is 1.89. The highest BCUT2D eigenvalue weighted by Crippen LogP contribution is 2.10. The Bertz CT molecular complexity index is 763. The normalized spacial score (nSPS) is 10.8. The second kappa shape index (κ2) is 5.21. The maximum absolute atomic E-state index is 12.3. The predicted octanol–water partition coefficient (Wildman–Crippen LogP) is 2.27. The second-order valence-electron chi connectivity index (χ2n) is 4.47. The number of para-hydroxylation sites is 2. The number of benzene rings is 1. The van der Waals surface area contributed by atoms with Crippen molar-refractivity contribution in [2.24, 2.45) is 0 Å². The summed E-state index contributed by atoms with van der Waals surface area (Å²) in [5.41, 5.74) is 1.91. The molecular formula is C15H14N4O. The lowest BCUT2D eigenvalue weighted by atomic mass is 10.2. The van der Waals surface area contributed by atoms with Crippen LogP contribution in [-0.4, -0.2) is 25.3 Å². The minimum atomic E-state index is -0.0656. The summed E-state index contributed by atoms with van der Waals surface area (Å²) >= 11 is 0. The molecule has 0 atom stereocenters. The monoisotopic (exact) mass is 266 g/mol. The van der Waals surface area contributed by atoms with Gasteiger partial charge in [-0.1, -0.05) is 12.1 Å². The number of imidazole rings is 1. The Morgan fingerprint density at radius 1 is 1.20 bits per heavy atom. The van der Waals surface area contributed by atoms with Crippen LogP contribution in [0.3, 0.4) is 0 Å². The number of nitrogens with zero attached hydrogens (tertiary/aromatic N) is 4. The molecule has 20 heavy (non-hydrogen) atoms. The SMILES string of the molecule is CCn1ccnc1CC(=O)c1cnc2ccccc2n1. The molecule has 0 bridgehead atoms. The maximum Gasteiger partial charge on any atom is 0.190 e. The first kappa shape index (κ1) is 12.5. The molecule has 0 aliphatic rings. The molecule has 5 heteroatoms. The van der Waals surface area contributed by atoms with Gasteiger partial charge >= 0.3 is 0 Å². The number of carbonyl (C=O) groups is 1. The fourth-order valence-corrected chi connectivity index (χ4v) is 2.12. The van der Waals surface area contributed by atoms with Crippen LogP contribution in [0.25, 0.3) is 11.0 Å². The van der Waals surface area contributed by atoms with Crippen molar-refractivity contribution in [1.29, 1.82) is 0 Å². The van der Waals surface area contributed by atoms with Gasteiger partial charge in [0.15, 0.2) is 5.78 Å². The Morgan fingerprint density at radius 2 is 2.00 bits per heavy atom. The minimum Gasteiger partial charge on any atom is -0.335 e. The van der Waals surface area contributed by atoms with Crippen LogP contribution >= 0.6 is 0 Å². The molecule has 0 fully saturated rings. The third kappa shape index (κ3) is 2.30. The first-order valence-corrected chi connectivity index (χ1v) is 6.53. The highest BCUT2D eigenvalue weighted by Gasteiger charge is 2.13. The molecule has 100 valence electrons. The van der Waals surface area contributed by atoms with Crippen molar-refractivity contribution in [3.63, 3.8) is 0 Å². The largest absolute Gasteiger partial charge is 0.335 e. The van der Waals surface area contributed by atoms with E-state index in [0.29, 0.717) is 5.69 Å². The fourth-order valence-electron chi connectivity index (χ4n) is 2.12. The number of Topliss-reactive ketones (excluding diaryl/α,β-unsaturated/α-hetero) is 1. The van der Waals surface area contributed by atoms with Crippen molar-refractivity contribution >= 4 is 16.8 Å². The summed E-state index contributed by atoms with van der Waals surface area (Å²) in [6.45, 7) is 2.82. The molecule has 0 radical (unpaired) electrons. The van der Waals surface area contributed by atoms with Gasteiger partial charge in [-0.25, -0.2) is 9.97 Å². The number of aromatic nitrogens is 4. The lowest BCUT2D eigenvalue weighted by molar-refractivity contribution is 0.0985. The minimum absolute atomic E-state index is 0.0656. The molecule has 0 aliphatic heterocycles. The van der Waals surface area contributed by atoms with Gasteiger partial charge in [0.1, 0.15) is 11.5 Å². The molecule has 0 unspecified atom stereocenters. The first-order chi connectivity index (χ1) is 9.78. The van der Waals surface area contributed by atoms with Crippen molar-refractivity contribution < 1.29 is 4.79 Å². The van der Waals surface area contributed by atoms with E-state index < -0.39 is 0 Å². The average molecular weight is 266 g/mol. The lowest BCUT2D eigenvalue weighted by Crippen LogP contribution is -2.11.